The van der Waals surface area contributed by atoms with Gasteiger partial charge < -0.3 is 4.74 Å². The number of tetrazole rings is 1. The molecular formula is C8H6FIN4O2. The third kappa shape index (κ3) is 2.38. The second-order valence-corrected chi connectivity index (χ2v) is 3.77. The number of alkyl halides is 2. The molecule has 6 nitrogen and oxygen atoms in total. The molecule has 0 fully saturated rings. The van der Waals surface area contributed by atoms with Gasteiger partial charge in [-0.15, -0.1) is 0 Å². The van der Waals surface area contributed by atoms with E-state index >= 15 is 0 Å². The van der Waals surface area contributed by atoms with Gasteiger partial charge in [0.15, 0.2) is 0 Å². The summed E-state index contributed by atoms with van der Waals surface area (Å²) in [5.74, 6) is 0.314. The Morgan fingerprint density at radius 1 is 1.56 bits per heavy atom. The van der Waals surface area contributed by atoms with Crippen molar-refractivity contribution in [1.29, 1.82) is 0 Å². The zero-order chi connectivity index (χ0) is 11.5. The predicted molar refractivity (Wildman–Crippen MR) is 61.5 cm³/mol. The zero-order valence-electron chi connectivity index (χ0n) is 7.80. The van der Waals surface area contributed by atoms with E-state index in [2.05, 4.69) is 15.5 Å². The van der Waals surface area contributed by atoms with E-state index in [1.165, 1.54) is 28.7 Å². The topological polar surface area (TPSA) is 72.8 Å². The van der Waals surface area contributed by atoms with Crippen molar-refractivity contribution in [3.63, 3.8) is 0 Å². The van der Waals surface area contributed by atoms with Crippen LogP contribution in [0, 0.1) is 0 Å². The normalized spacial score (nSPS) is 12.4. The van der Waals surface area contributed by atoms with Gasteiger partial charge in [0.05, 0.1) is 5.69 Å². The first-order valence-electron chi connectivity index (χ1n) is 4.22. The molecule has 8 heteroatoms. The van der Waals surface area contributed by atoms with Crippen LogP contribution in [0.5, 0.6) is 5.75 Å². The van der Waals surface area contributed by atoms with Crippen molar-refractivity contribution >= 4 is 22.6 Å². The number of hydrogen-bond donors (Lipinski definition) is 1. The first-order chi connectivity index (χ1) is 7.66. The summed E-state index contributed by atoms with van der Waals surface area (Å²) in [7, 11) is 0. The third-order valence-corrected chi connectivity index (χ3v) is 2.01. The van der Waals surface area contributed by atoms with Gasteiger partial charge in [-0.2, -0.15) is 9.07 Å². The number of nitrogens with zero attached hydrogens (tertiary/aromatic N) is 3. The molecule has 1 aromatic heterocycles. The summed E-state index contributed by atoms with van der Waals surface area (Å²) in [6, 6.07) is 6.34. The lowest BCUT2D eigenvalue weighted by Gasteiger charge is -2.06. The summed E-state index contributed by atoms with van der Waals surface area (Å²) in [5, 5.41) is 9.06. The predicted octanol–water partition coefficient (Wildman–Crippen LogP) is 1.02. The van der Waals surface area contributed by atoms with Crippen LogP contribution in [-0.4, -0.2) is 24.6 Å². The number of aromatic amines is 1. The summed E-state index contributed by atoms with van der Waals surface area (Å²) in [6.07, 6.45) is 0. The number of benzene rings is 1. The maximum Gasteiger partial charge on any atom is 0.365 e. The number of H-pyrrole nitrogens is 1. The van der Waals surface area contributed by atoms with Crippen molar-refractivity contribution in [2.45, 2.75) is 4.36 Å². The lowest BCUT2D eigenvalue weighted by Crippen LogP contribution is -2.16. The molecule has 1 atom stereocenters. The van der Waals surface area contributed by atoms with Crippen molar-refractivity contribution in [1.82, 2.24) is 20.2 Å². The van der Waals surface area contributed by atoms with E-state index in [4.69, 9.17) is 4.74 Å². The van der Waals surface area contributed by atoms with Gasteiger partial charge in [0, 0.05) is 28.7 Å². The quantitative estimate of drug-likeness (QED) is 0.671. The summed E-state index contributed by atoms with van der Waals surface area (Å²) in [5.41, 5.74) is -0.0169. The highest BCUT2D eigenvalue weighted by atomic mass is 127. The second kappa shape index (κ2) is 4.60. The molecule has 2 aromatic rings. The Kier molecular flexibility index (Phi) is 3.17. The summed E-state index contributed by atoms with van der Waals surface area (Å²) in [4.78, 5) is 11.2. The largest absolute Gasteiger partial charge is 0.452 e. The minimum atomic E-state index is -1.44. The summed E-state index contributed by atoms with van der Waals surface area (Å²) >= 11 is 1.49. The van der Waals surface area contributed by atoms with Crippen LogP contribution >= 0.6 is 22.6 Å². The van der Waals surface area contributed by atoms with E-state index in [1.54, 1.807) is 18.2 Å². The number of nitrogens with one attached hydrogen (secondary N) is 1. The number of halogens is 2. The van der Waals surface area contributed by atoms with Crippen LogP contribution in [0.2, 0.25) is 0 Å². The van der Waals surface area contributed by atoms with Gasteiger partial charge >= 0.3 is 5.69 Å². The lowest BCUT2D eigenvalue weighted by molar-refractivity contribution is 0.171. The van der Waals surface area contributed by atoms with Crippen LogP contribution in [-0.2, 0) is 0 Å². The average Bonchev–Trinajstić information content (AvgIpc) is 2.64. The van der Waals surface area contributed by atoms with Crippen LogP contribution in [0.4, 0.5) is 4.39 Å². The molecule has 0 bridgehead atoms. The van der Waals surface area contributed by atoms with E-state index in [1.807, 2.05) is 0 Å². The minimum Gasteiger partial charge on any atom is -0.452 e. The molecular weight excluding hydrogens is 330 g/mol. The molecule has 1 heterocycles. The lowest BCUT2D eigenvalue weighted by atomic mass is 10.3. The molecule has 0 saturated heterocycles. The Balaban J connectivity index is 2.36. The first-order valence-corrected chi connectivity index (χ1v) is 5.47. The van der Waals surface area contributed by atoms with Gasteiger partial charge in [-0.25, -0.2) is 9.89 Å². The highest BCUT2D eigenvalue weighted by Gasteiger charge is 2.06. The molecule has 0 aliphatic rings. The Bertz CT molecular complexity index is 539. The Morgan fingerprint density at radius 2 is 2.38 bits per heavy atom. The third-order valence-electron chi connectivity index (χ3n) is 1.76. The van der Waals surface area contributed by atoms with Gasteiger partial charge in [-0.05, 0) is 22.6 Å². The Morgan fingerprint density at radius 3 is 3.00 bits per heavy atom. The van der Waals surface area contributed by atoms with E-state index in [0.717, 1.165) is 4.68 Å². The van der Waals surface area contributed by atoms with Crippen LogP contribution in [0.1, 0.15) is 0 Å². The van der Waals surface area contributed by atoms with Crippen molar-refractivity contribution < 1.29 is 9.13 Å². The van der Waals surface area contributed by atoms with Crippen LogP contribution in [0.3, 0.4) is 0 Å². The fourth-order valence-corrected chi connectivity index (χ4v) is 1.45. The Labute approximate surface area is 103 Å². The number of aromatic nitrogens is 4. The van der Waals surface area contributed by atoms with Crippen molar-refractivity contribution in [2.75, 3.05) is 0 Å². The number of rotatable bonds is 3. The molecule has 0 amide bonds. The van der Waals surface area contributed by atoms with Gasteiger partial charge in [-0.1, -0.05) is 6.07 Å². The molecule has 2 rings (SSSR count). The van der Waals surface area contributed by atoms with E-state index < -0.39 is 10.1 Å². The molecule has 0 saturated carbocycles. The fraction of sp³-hybridized carbons (Fsp3) is 0.125. The maximum atomic E-state index is 12.6. The maximum absolute atomic E-state index is 12.6. The second-order valence-electron chi connectivity index (χ2n) is 2.79. The van der Waals surface area contributed by atoms with E-state index in [-0.39, 0.29) is 0 Å². The molecule has 1 aromatic carbocycles. The van der Waals surface area contributed by atoms with Crippen LogP contribution in [0.25, 0.3) is 5.69 Å². The highest BCUT2D eigenvalue weighted by molar-refractivity contribution is 14.1. The molecule has 16 heavy (non-hydrogen) atoms. The number of hydrogen-bond acceptors (Lipinski definition) is 4. The van der Waals surface area contributed by atoms with Gasteiger partial charge in [0.25, 0.3) is 4.36 Å². The SMILES string of the molecule is O=c1[nH]nnn1-c1cccc(OC(F)I)c1. The smallest absolute Gasteiger partial charge is 0.365 e. The number of ether oxygens (including phenoxy) is 1. The molecule has 0 radical (unpaired) electrons. The van der Waals surface area contributed by atoms with E-state index in [9.17, 15) is 9.18 Å². The van der Waals surface area contributed by atoms with Crippen LogP contribution in [0.15, 0.2) is 29.1 Å². The first kappa shape index (κ1) is 11.0. The standard InChI is InChI=1S/C8H6FIN4O2/c9-7(10)16-6-3-1-2-5(4-6)14-8(15)11-12-13-14/h1-4,7H,(H,11,13,15). The molecule has 84 valence electrons. The summed E-state index contributed by atoms with van der Waals surface area (Å²) in [6.45, 7) is 0. The van der Waals surface area contributed by atoms with Crippen LogP contribution < -0.4 is 10.4 Å². The van der Waals surface area contributed by atoms with Crippen molar-refractivity contribution in [3.05, 3.63) is 34.7 Å². The molecule has 0 aliphatic heterocycles. The molecule has 0 aliphatic carbocycles. The van der Waals surface area contributed by atoms with Crippen molar-refractivity contribution in [2.24, 2.45) is 0 Å². The Hall–Kier alpha value is -1.45. The molecule has 1 unspecified atom stereocenters. The van der Waals surface area contributed by atoms with Crippen molar-refractivity contribution in [3.8, 4) is 11.4 Å². The average molecular weight is 336 g/mol. The van der Waals surface area contributed by atoms with Gasteiger partial charge in [0.2, 0.25) is 0 Å². The fourth-order valence-electron chi connectivity index (χ4n) is 1.16. The van der Waals surface area contributed by atoms with Gasteiger partial charge in [0.1, 0.15) is 5.75 Å². The zero-order valence-corrected chi connectivity index (χ0v) is 9.96. The molecule has 0 spiro atoms. The van der Waals surface area contributed by atoms with Gasteiger partial charge in [-0.3, -0.25) is 0 Å². The monoisotopic (exact) mass is 336 g/mol. The highest BCUT2D eigenvalue weighted by Crippen LogP contribution is 2.18. The molecule has 1 N–H and O–H groups in total. The minimum absolute atomic E-state index is 0.314. The summed E-state index contributed by atoms with van der Waals surface area (Å²) < 4.78 is 17.0. The van der Waals surface area contributed by atoms with E-state index in [0.29, 0.717) is 11.4 Å².